The lowest BCUT2D eigenvalue weighted by Gasteiger charge is -2.04. The second-order valence-electron chi connectivity index (χ2n) is 2.50. The number of hydrogen-bond acceptors (Lipinski definition) is 5. The molecule has 1 rings (SSSR count). The molecule has 0 amide bonds. The molecule has 0 radical (unpaired) electrons. The van der Waals surface area contributed by atoms with E-state index in [4.69, 9.17) is 11.0 Å². The van der Waals surface area contributed by atoms with Crippen molar-refractivity contribution in [2.75, 3.05) is 5.73 Å². The minimum Gasteiger partial charge on any atom is -0.383 e. The van der Waals surface area contributed by atoms with E-state index in [0.717, 1.165) is 0 Å². The molecule has 0 aliphatic heterocycles. The lowest BCUT2D eigenvalue weighted by atomic mass is 10.2. The molecular formula is C7H4F2N4O2. The molecule has 0 bridgehead atoms. The first-order valence-electron chi connectivity index (χ1n) is 3.60. The second-order valence-corrected chi connectivity index (χ2v) is 2.50. The Morgan fingerprint density at radius 3 is 2.67 bits per heavy atom. The summed E-state index contributed by atoms with van der Waals surface area (Å²) in [4.78, 5) is 12.7. The number of aromatic nitrogens is 1. The lowest BCUT2D eigenvalue weighted by molar-refractivity contribution is -0.386. The maximum atomic E-state index is 12.4. The van der Waals surface area contributed by atoms with E-state index in [1.807, 2.05) is 0 Å². The van der Waals surface area contributed by atoms with Crippen LogP contribution in [-0.4, -0.2) is 9.91 Å². The van der Waals surface area contributed by atoms with Crippen molar-refractivity contribution in [1.29, 1.82) is 5.26 Å². The van der Waals surface area contributed by atoms with Crippen LogP contribution in [0.4, 0.5) is 20.3 Å². The van der Waals surface area contributed by atoms with Gasteiger partial charge in [0.1, 0.15) is 23.1 Å². The molecule has 0 spiro atoms. The molecule has 0 saturated carbocycles. The highest BCUT2D eigenvalue weighted by atomic mass is 19.3. The summed E-state index contributed by atoms with van der Waals surface area (Å²) >= 11 is 0. The number of hydrogen-bond donors (Lipinski definition) is 1. The molecule has 0 fully saturated rings. The summed E-state index contributed by atoms with van der Waals surface area (Å²) in [5.41, 5.74) is 2.86. The lowest BCUT2D eigenvalue weighted by Crippen LogP contribution is -2.05. The standard InChI is InChI=1S/C7H4F2N4O2/c8-6(9)5-4(13(14)15)1-3(2-10)12-7(5)11/h1,6H,(H2,11,12). The molecule has 78 valence electrons. The fourth-order valence-electron chi connectivity index (χ4n) is 0.993. The van der Waals surface area contributed by atoms with E-state index >= 15 is 0 Å². The van der Waals surface area contributed by atoms with E-state index < -0.39 is 28.4 Å². The molecule has 0 saturated heterocycles. The van der Waals surface area contributed by atoms with Gasteiger partial charge >= 0.3 is 0 Å². The number of alkyl halides is 2. The van der Waals surface area contributed by atoms with E-state index in [9.17, 15) is 18.9 Å². The Bertz CT molecular complexity index is 455. The molecule has 0 atom stereocenters. The van der Waals surface area contributed by atoms with Gasteiger partial charge in [0.15, 0.2) is 0 Å². The number of rotatable bonds is 2. The van der Waals surface area contributed by atoms with Crippen molar-refractivity contribution in [3.05, 3.63) is 27.4 Å². The summed E-state index contributed by atoms with van der Waals surface area (Å²) in [7, 11) is 0. The SMILES string of the molecule is N#Cc1cc([N+](=O)[O-])c(C(F)F)c(N)n1. The summed E-state index contributed by atoms with van der Waals surface area (Å²) in [6.45, 7) is 0. The van der Waals surface area contributed by atoms with Crippen molar-refractivity contribution >= 4 is 11.5 Å². The number of halogens is 2. The average molecular weight is 214 g/mol. The predicted octanol–water partition coefficient (Wildman–Crippen LogP) is 1.38. The Morgan fingerprint density at radius 2 is 2.27 bits per heavy atom. The Balaban J connectivity index is 3.51. The molecule has 15 heavy (non-hydrogen) atoms. The van der Waals surface area contributed by atoms with Gasteiger partial charge in [0, 0.05) is 0 Å². The Kier molecular flexibility index (Phi) is 2.75. The van der Waals surface area contributed by atoms with Crippen molar-refractivity contribution in [1.82, 2.24) is 4.98 Å². The van der Waals surface area contributed by atoms with Gasteiger partial charge in [0.25, 0.3) is 12.1 Å². The first-order chi connectivity index (χ1) is 6.97. The van der Waals surface area contributed by atoms with Crippen LogP contribution < -0.4 is 5.73 Å². The van der Waals surface area contributed by atoms with Crippen LogP contribution in [0.2, 0.25) is 0 Å². The van der Waals surface area contributed by atoms with Gasteiger partial charge < -0.3 is 5.73 Å². The number of nitriles is 1. The summed E-state index contributed by atoms with van der Waals surface area (Å²) in [6, 6.07) is 2.15. The fourth-order valence-corrected chi connectivity index (χ4v) is 0.993. The number of nitrogen functional groups attached to an aromatic ring is 1. The van der Waals surface area contributed by atoms with E-state index in [-0.39, 0.29) is 5.69 Å². The average Bonchev–Trinajstić information content (AvgIpc) is 2.15. The third-order valence-corrected chi connectivity index (χ3v) is 1.60. The Morgan fingerprint density at radius 1 is 1.67 bits per heavy atom. The molecule has 0 aliphatic rings. The number of anilines is 1. The van der Waals surface area contributed by atoms with Crippen molar-refractivity contribution in [2.45, 2.75) is 6.43 Å². The van der Waals surface area contributed by atoms with Crippen molar-refractivity contribution in [3.63, 3.8) is 0 Å². The third kappa shape index (κ3) is 1.96. The number of nitrogens with zero attached hydrogens (tertiary/aromatic N) is 3. The van der Waals surface area contributed by atoms with Gasteiger partial charge in [-0.25, -0.2) is 13.8 Å². The van der Waals surface area contributed by atoms with Gasteiger partial charge in [0.2, 0.25) is 0 Å². The minimum atomic E-state index is -3.11. The van der Waals surface area contributed by atoms with Crippen LogP contribution in [0.25, 0.3) is 0 Å². The van der Waals surface area contributed by atoms with Crippen LogP contribution in [0.1, 0.15) is 17.7 Å². The highest BCUT2D eigenvalue weighted by Crippen LogP contribution is 2.32. The highest BCUT2D eigenvalue weighted by Gasteiger charge is 2.26. The third-order valence-electron chi connectivity index (χ3n) is 1.60. The fraction of sp³-hybridized carbons (Fsp3) is 0.143. The Labute approximate surface area is 82.1 Å². The zero-order chi connectivity index (χ0) is 11.6. The summed E-state index contributed by atoms with van der Waals surface area (Å²) in [6.07, 6.45) is -3.11. The van der Waals surface area contributed by atoms with E-state index in [1.165, 1.54) is 6.07 Å². The molecule has 0 unspecified atom stereocenters. The number of nitro groups is 1. The molecule has 2 N–H and O–H groups in total. The van der Waals surface area contributed by atoms with Crippen LogP contribution >= 0.6 is 0 Å². The van der Waals surface area contributed by atoms with Crippen molar-refractivity contribution in [3.8, 4) is 6.07 Å². The van der Waals surface area contributed by atoms with Gasteiger partial charge in [-0.05, 0) is 0 Å². The number of pyridine rings is 1. The van der Waals surface area contributed by atoms with Crippen LogP contribution in [0, 0.1) is 21.4 Å². The van der Waals surface area contributed by atoms with Crippen LogP contribution in [0.3, 0.4) is 0 Å². The first-order valence-corrected chi connectivity index (χ1v) is 3.60. The number of nitrogens with two attached hydrogens (primary N) is 1. The van der Waals surface area contributed by atoms with Gasteiger partial charge in [-0.15, -0.1) is 0 Å². The molecule has 0 aliphatic carbocycles. The smallest absolute Gasteiger partial charge is 0.284 e. The van der Waals surface area contributed by atoms with E-state index in [1.54, 1.807) is 0 Å². The van der Waals surface area contributed by atoms with Crippen LogP contribution in [0.15, 0.2) is 6.07 Å². The minimum absolute atomic E-state index is 0.372. The summed E-state index contributed by atoms with van der Waals surface area (Å²) in [5.74, 6) is -0.698. The topological polar surface area (TPSA) is 106 Å². The van der Waals surface area contributed by atoms with Crippen molar-refractivity contribution < 1.29 is 13.7 Å². The maximum Gasteiger partial charge on any atom is 0.284 e. The van der Waals surface area contributed by atoms with Gasteiger partial charge in [-0.2, -0.15) is 5.26 Å². The monoisotopic (exact) mass is 214 g/mol. The Hall–Kier alpha value is -2.30. The molecule has 1 aromatic rings. The van der Waals surface area contributed by atoms with Crippen LogP contribution in [-0.2, 0) is 0 Å². The zero-order valence-corrected chi connectivity index (χ0v) is 7.15. The predicted molar refractivity (Wildman–Crippen MR) is 45.0 cm³/mol. The van der Waals surface area contributed by atoms with Gasteiger partial charge in [-0.1, -0.05) is 0 Å². The first kappa shape index (κ1) is 10.8. The maximum absolute atomic E-state index is 12.4. The molecule has 0 aromatic carbocycles. The summed E-state index contributed by atoms with van der Waals surface area (Å²) < 4.78 is 24.8. The van der Waals surface area contributed by atoms with E-state index in [2.05, 4.69) is 4.98 Å². The normalized spacial score (nSPS) is 10.0. The van der Waals surface area contributed by atoms with Crippen molar-refractivity contribution in [2.24, 2.45) is 0 Å². The van der Waals surface area contributed by atoms with Crippen LogP contribution in [0.5, 0.6) is 0 Å². The molecule has 8 heteroatoms. The second kappa shape index (κ2) is 3.83. The van der Waals surface area contributed by atoms with Gasteiger partial charge in [-0.3, -0.25) is 10.1 Å². The van der Waals surface area contributed by atoms with Gasteiger partial charge in [0.05, 0.1) is 11.0 Å². The molecule has 1 aromatic heterocycles. The summed E-state index contributed by atoms with van der Waals surface area (Å²) in [5, 5.41) is 18.8. The quantitative estimate of drug-likeness (QED) is 0.591. The zero-order valence-electron chi connectivity index (χ0n) is 7.15. The largest absolute Gasteiger partial charge is 0.383 e. The highest BCUT2D eigenvalue weighted by molar-refractivity contribution is 5.56. The molecule has 6 nitrogen and oxygen atoms in total. The molecular weight excluding hydrogens is 210 g/mol. The molecule has 1 heterocycles. The van der Waals surface area contributed by atoms with E-state index in [0.29, 0.717) is 6.07 Å².